The van der Waals surface area contributed by atoms with E-state index in [4.69, 9.17) is 4.52 Å². The Morgan fingerprint density at radius 1 is 1.23 bits per heavy atom. The molecule has 3 aromatic rings. The topological polar surface area (TPSA) is 97.1 Å². The van der Waals surface area contributed by atoms with Crippen molar-refractivity contribution in [3.63, 3.8) is 0 Å². The maximum Gasteiger partial charge on any atom is 0.251 e. The zero-order chi connectivity index (χ0) is 18.7. The number of amides is 2. The van der Waals surface area contributed by atoms with Crippen LogP contribution < -0.4 is 10.6 Å². The molecular formula is C18H18N4O3S. The van der Waals surface area contributed by atoms with Crippen LogP contribution in [0.2, 0.25) is 0 Å². The molecule has 0 spiro atoms. The monoisotopic (exact) mass is 370 g/mol. The third kappa shape index (κ3) is 4.15. The molecule has 0 saturated carbocycles. The number of hydrogen-bond donors (Lipinski definition) is 2. The lowest BCUT2D eigenvalue weighted by molar-refractivity contribution is -0.117. The van der Waals surface area contributed by atoms with Crippen LogP contribution in [0.5, 0.6) is 0 Å². The number of rotatable bonds is 5. The number of nitrogens with zero attached hydrogens (tertiary/aromatic N) is 2. The van der Waals surface area contributed by atoms with Gasteiger partial charge in [-0.05, 0) is 32.9 Å². The van der Waals surface area contributed by atoms with E-state index in [-0.39, 0.29) is 11.8 Å². The number of carbonyl (C=O) groups excluding carboxylic acids is 2. The lowest BCUT2D eigenvalue weighted by atomic mass is 10.1. The third-order valence-corrected chi connectivity index (χ3v) is 4.62. The largest absolute Gasteiger partial charge is 0.360 e. The van der Waals surface area contributed by atoms with E-state index in [0.29, 0.717) is 17.1 Å². The summed E-state index contributed by atoms with van der Waals surface area (Å²) in [5.74, 6) is 0.193. The number of benzene rings is 1. The highest BCUT2D eigenvalue weighted by Gasteiger charge is 2.18. The van der Waals surface area contributed by atoms with Crippen LogP contribution in [0.25, 0.3) is 10.6 Å². The van der Waals surface area contributed by atoms with Gasteiger partial charge in [-0.2, -0.15) is 0 Å². The normalized spacial score (nSPS) is 11.8. The number of nitrogens with one attached hydrogen (secondary N) is 2. The molecule has 3 rings (SSSR count). The molecule has 8 heteroatoms. The third-order valence-electron chi connectivity index (χ3n) is 3.61. The SMILES string of the molecule is Cc1csc(-c2cccc(C(=O)N[C@@H](C)C(=O)Nc3cc(C)on3)c2)n1. The molecule has 0 fully saturated rings. The van der Waals surface area contributed by atoms with Crippen LogP contribution in [0, 0.1) is 13.8 Å². The maximum absolute atomic E-state index is 12.5. The van der Waals surface area contributed by atoms with Crippen molar-refractivity contribution in [1.29, 1.82) is 0 Å². The van der Waals surface area contributed by atoms with Crippen molar-refractivity contribution in [2.45, 2.75) is 26.8 Å². The van der Waals surface area contributed by atoms with Crippen molar-refractivity contribution >= 4 is 29.0 Å². The molecule has 7 nitrogen and oxygen atoms in total. The second kappa shape index (κ2) is 7.49. The molecule has 0 saturated heterocycles. The molecule has 1 atom stereocenters. The van der Waals surface area contributed by atoms with Crippen molar-refractivity contribution in [3.05, 3.63) is 52.7 Å². The van der Waals surface area contributed by atoms with Gasteiger partial charge in [-0.15, -0.1) is 11.3 Å². The van der Waals surface area contributed by atoms with E-state index in [1.54, 1.807) is 38.1 Å². The molecule has 0 bridgehead atoms. The number of aryl methyl sites for hydroxylation is 2. The first kappa shape index (κ1) is 17.8. The van der Waals surface area contributed by atoms with Gasteiger partial charge in [0.2, 0.25) is 5.91 Å². The van der Waals surface area contributed by atoms with Crippen molar-refractivity contribution < 1.29 is 14.1 Å². The van der Waals surface area contributed by atoms with E-state index in [1.165, 1.54) is 11.3 Å². The number of carbonyl (C=O) groups is 2. The van der Waals surface area contributed by atoms with Gasteiger partial charge in [0.1, 0.15) is 16.8 Å². The average molecular weight is 370 g/mol. The van der Waals surface area contributed by atoms with Crippen LogP contribution in [0.3, 0.4) is 0 Å². The predicted octanol–water partition coefficient (Wildman–Crippen LogP) is 3.17. The summed E-state index contributed by atoms with van der Waals surface area (Å²) in [6, 6.07) is 8.03. The highest BCUT2D eigenvalue weighted by molar-refractivity contribution is 7.13. The first-order valence-corrected chi connectivity index (χ1v) is 8.88. The van der Waals surface area contributed by atoms with Crippen LogP contribution in [0.1, 0.15) is 28.7 Å². The number of hydrogen-bond acceptors (Lipinski definition) is 6. The van der Waals surface area contributed by atoms with Crippen molar-refractivity contribution in [1.82, 2.24) is 15.5 Å². The van der Waals surface area contributed by atoms with E-state index in [1.807, 2.05) is 18.4 Å². The molecule has 2 heterocycles. The molecule has 0 unspecified atom stereocenters. The Kier molecular flexibility index (Phi) is 5.13. The van der Waals surface area contributed by atoms with Gasteiger partial charge < -0.3 is 15.2 Å². The van der Waals surface area contributed by atoms with Crippen molar-refractivity contribution in [2.24, 2.45) is 0 Å². The Bertz CT molecular complexity index is 947. The molecule has 0 aliphatic carbocycles. The summed E-state index contributed by atoms with van der Waals surface area (Å²) in [4.78, 5) is 29.1. The van der Waals surface area contributed by atoms with E-state index >= 15 is 0 Å². The van der Waals surface area contributed by atoms with Crippen LogP contribution >= 0.6 is 11.3 Å². The Hall–Kier alpha value is -3.00. The molecule has 26 heavy (non-hydrogen) atoms. The van der Waals surface area contributed by atoms with Crippen LogP contribution in [-0.4, -0.2) is 28.0 Å². The molecule has 2 aromatic heterocycles. The molecule has 0 radical (unpaired) electrons. The Morgan fingerprint density at radius 3 is 2.69 bits per heavy atom. The van der Waals surface area contributed by atoms with E-state index in [2.05, 4.69) is 20.8 Å². The summed E-state index contributed by atoms with van der Waals surface area (Å²) in [6.45, 7) is 5.26. The highest BCUT2D eigenvalue weighted by Crippen LogP contribution is 2.24. The van der Waals surface area contributed by atoms with E-state index < -0.39 is 6.04 Å². The summed E-state index contributed by atoms with van der Waals surface area (Å²) < 4.78 is 4.90. The van der Waals surface area contributed by atoms with Gasteiger partial charge >= 0.3 is 0 Å². The summed E-state index contributed by atoms with van der Waals surface area (Å²) in [5, 5.41) is 11.8. The van der Waals surface area contributed by atoms with Crippen LogP contribution in [-0.2, 0) is 4.79 Å². The highest BCUT2D eigenvalue weighted by atomic mass is 32.1. The van der Waals surface area contributed by atoms with Gasteiger partial charge in [-0.25, -0.2) is 4.98 Å². The van der Waals surface area contributed by atoms with E-state index in [9.17, 15) is 9.59 Å². The molecule has 1 aromatic carbocycles. The van der Waals surface area contributed by atoms with Gasteiger partial charge in [0.25, 0.3) is 5.91 Å². The van der Waals surface area contributed by atoms with Gasteiger partial charge in [-0.1, -0.05) is 17.3 Å². The van der Waals surface area contributed by atoms with Gasteiger partial charge in [0.15, 0.2) is 5.82 Å². The maximum atomic E-state index is 12.5. The first-order chi connectivity index (χ1) is 12.4. The standard InChI is InChI=1S/C18H18N4O3S/c1-10-9-26-18(19-10)14-6-4-5-13(8-14)17(24)20-12(3)16(23)21-15-7-11(2)25-22-15/h4-9,12H,1-3H3,(H,20,24)(H,21,22,23)/t12-/m0/s1. The molecule has 2 N–H and O–H groups in total. The zero-order valence-electron chi connectivity index (χ0n) is 14.6. The second-order valence-corrected chi connectivity index (χ2v) is 6.74. The second-order valence-electron chi connectivity index (χ2n) is 5.88. The van der Waals surface area contributed by atoms with Gasteiger partial charge in [-0.3, -0.25) is 9.59 Å². The fourth-order valence-corrected chi connectivity index (χ4v) is 3.08. The van der Waals surface area contributed by atoms with Gasteiger partial charge in [0, 0.05) is 28.3 Å². The number of thiazole rings is 1. The Morgan fingerprint density at radius 2 is 2.04 bits per heavy atom. The zero-order valence-corrected chi connectivity index (χ0v) is 15.4. The molecule has 2 amide bonds. The fourth-order valence-electron chi connectivity index (χ4n) is 2.29. The molecule has 0 aliphatic heterocycles. The molecule has 0 aliphatic rings. The summed E-state index contributed by atoms with van der Waals surface area (Å²) in [7, 11) is 0. The van der Waals surface area contributed by atoms with E-state index in [0.717, 1.165) is 16.3 Å². The number of aromatic nitrogens is 2. The van der Waals surface area contributed by atoms with Crippen molar-refractivity contribution in [2.75, 3.05) is 5.32 Å². The summed E-state index contributed by atoms with van der Waals surface area (Å²) >= 11 is 1.52. The lowest BCUT2D eigenvalue weighted by Gasteiger charge is -2.13. The summed E-state index contributed by atoms with van der Waals surface area (Å²) in [6.07, 6.45) is 0. The smallest absolute Gasteiger partial charge is 0.251 e. The Balaban J connectivity index is 1.66. The molecular weight excluding hydrogens is 352 g/mol. The van der Waals surface area contributed by atoms with Crippen LogP contribution in [0.15, 0.2) is 40.2 Å². The quantitative estimate of drug-likeness (QED) is 0.719. The lowest BCUT2D eigenvalue weighted by Crippen LogP contribution is -2.41. The summed E-state index contributed by atoms with van der Waals surface area (Å²) in [5.41, 5.74) is 2.27. The average Bonchev–Trinajstić information content (AvgIpc) is 3.23. The minimum Gasteiger partial charge on any atom is -0.360 e. The fraction of sp³-hybridized carbons (Fsp3) is 0.222. The van der Waals surface area contributed by atoms with Gasteiger partial charge in [0.05, 0.1) is 0 Å². The predicted molar refractivity (Wildman–Crippen MR) is 99.1 cm³/mol. The van der Waals surface area contributed by atoms with Crippen molar-refractivity contribution in [3.8, 4) is 10.6 Å². The Labute approximate surface area is 154 Å². The minimum atomic E-state index is -0.731. The minimum absolute atomic E-state index is 0.315. The van der Waals surface area contributed by atoms with Crippen LogP contribution in [0.4, 0.5) is 5.82 Å². The first-order valence-electron chi connectivity index (χ1n) is 8.00. The molecule has 134 valence electrons. The number of anilines is 1.